The maximum absolute atomic E-state index is 9.81. The monoisotopic (exact) mass is 401 g/mol. The van der Waals surface area contributed by atoms with Crippen LogP contribution in [0.3, 0.4) is 0 Å². The van der Waals surface area contributed by atoms with Crippen LogP contribution in [0.15, 0.2) is 30.3 Å². The SMILES string of the molecule is CC(=O)O.O=[N+]([O-])[O][Hg][c]1ccccc1. The Balaban J connectivity index is 0.000000423. The Morgan fingerprint density at radius 1 is 1.47 bits per heavy atom. The van der Waals surface area contributed by atoms with E-state index in [4.69, 9.17) is 9.90 Å². The standard InChI is InChI=1S/C6H5.C2H4O2.Hg.NO3/c1-2-4-6-5-3-1;1-2(3)4;;2-1(3)4/h1-5H;1H3,(H,3,4);;/q;;+1;-1. The summed E-state index contributed by atoms with van der Waals surface area (Å²) in [6.07, 6.45) is 0. The normalized spacial score (nSPS) is 7.80. The summed E-state index contributed by atoms with van der Waals surface area (Å²) in [4.78, 5) is 18.8. The van der Waals surface area contributed by atoms with Gasteiger partial charge in [-0.1, -0.05) is 0 Å². The Kier molecular flexibility index (Phi) is 7.52. The average molecular weight is 400 g/mol. The van der Waals surface area contributed by atoms with Crippen molar-refractivity contribution < 1.29 is 42.8 Å². The molecule has 0 aliphatic rings. The molecule has 1 aromatic rings. The van der Waals surface area contributed by atoms with Crippen LogP contribution in [-0.2, 0) is 32.6 Å². The van der Waals surface area contributed by atoms with Gasteiger partial charge in [0.15, 0.2) is 0 Å². The molecule has 0 amide bonds. The fourth-order valence-electron chi connectivity index (χ4n) is 0.701. The van der Waals surface area contributed by atoms with Crippen molar-refractivity contribution in [2.75, 3.05) is 0 Å². The van der Waals surface area contributed by atoms with Crippen LogP contribution in [0.2, 0.25) is 0 Å². The summed E-state index contributed by atoms with van der Waals surface area (Å²) in [5.41, 5.74) is 0. The number of aliphatic carboxylic acids is 1. The third-order valence-electron chi connectivity index (χ3n) is 1.18. The van der Waals surface area contributed by atoms with Crippen LogP contribution in [0.4, 0.5) is 0 Å². The number of rotatable bonds is 3. The van der Waals surface area contributed by atoms with Crippen LogP contribution in [0.25, 0.3) is 0 Å². The molecule has 0 saturated carbocycles. The molecule has 0 aromatic heterocycles. The minimum atomic E-state index is -1.87. The molecular formula is C8H9HgNO5. The van der Waals surface area contributed by atoms with E-state index < -0.39 is 36.1 Å². The van der Waals surface area contributed by atoms with Gasteiger partial charge in [0, 0.05) is 6.92 Å². The van der Waals surface area contributed by atoms with Crippen molar-refractivity contribution in [3.8, 4) is 0 Å². The zero-order valence-electron chi connectivity index (χ0n) is 8.12. The molecule has 1 N–H and O–H groups in total. The molecule has 0 bridgehead atoms. The summed E-state index contributed by atoms with van der Waals surface area (Å²) in [5.74, 6) is -0.833. The van der Waals surface area contributed by atoms with E-state index in [0.717, 1.165) is 10.00 Å². The van der Waals surface area contributed by atoms with Crippen molar-refractivity contribution in [3.63, 3.8) is 0 Å². The topological polar surface area (TPSA) is 89.7 Å². The molecule has 0 radical (unpaired) electrons. The van der Waals surface area contributed by atoms with Crippen molar-refractivity contribution in [3.05, 3.63) is 40.4 Å². The fourth-order valence-corrected chi connectivity index (χ4v) is 3.50. The quantitative estimate of drug-likeness (QED) is 0.457. The zero-order chi connectivity index (χ0) is 11.7. The first-order valence-electron chi connectivity index (χ1n) is 4.03. The molecule has 0 unspecified atom stereocenters. The Labute approximate surface area is 99.1 Å². The van der Waals surface area contributed by atoms with Crippen molar-refractivity contribution in [2.24, 2.45) is 0 Å². The number of carboxylic acid groups (broad SMARTS) is 1. The van der Waals surface area contributed by atoms with Crippen molar-refractivity contribution in [1.82, 2.24) is 0 Å². The molecule has 0 atom stereocenters. The van der Waals surface area contributed by atoms with E-state index in [1.165, 1.54) is 0 Å². The number of carboxylic acids is 1. The molecule has 7 heteroatoms. The number of hydrogen-bond donors (Lipinski definition) is 1. The first-order valence-corrected chi connectivity index (χ1v) is 9.02. The van der Waals surface area contributed by atoms with E-state index >= 15 is 0 Å². The van der Waals surface area contributed by atoms with E-state index in [9.17, 15) is 10.1 Å². The van der Waals surface area contributed by atoms with E-state index in [1.807, 2.05) is 30.3 Å². The van der Waals surface area contributed by atoms with Gasteiger partial charge in [0.2, 0.25) is 0 Å². The van der Waals surface area contributed by atoms with Crippen molar-refractivity contribution in [2.45, 2.75) is 6.92 Å². The number of hydrogen-bond acceptors (Lipinski definition) is 4. The van der Waals surface area contributed by atoms with Crippen LogP contribution in [0.1, 0.15) is 6.92 Å². The summed E-state index contributed by atoms with van der Waals surface area (Å²) in [6.45, 7) is 1.08. The molecule has 0 aliphatic carbocycles. The molecule has 0 spiro atoms. The number of carbonyl (C=O) groups is 1. The van der Waals surface area contributed by atoms with Gasteiger partial charge in [-0.3, -0.25) is 4.79 Å². The average Bonchev–Trinajstić information content (AvgIpc) is 2.15. The Hall–Kier alpha value is -1.17. The van der Waals surface area contributed by atoms with Gasteiger partial charge in [0.1, 0.15) is 0 Å². The van der Waals surface area contributed by atoms with Gasteiger partial charge < -0.3 is 5.11 Å². The number of nitrogens with zero attached hydrogens (tertiary/aromatic N) is 1. The van der Waals surface area contributed by atoms with Crippen LogP contribution < -0.4 is 3.07 Å². The van der Waals surface area contributed by atoms with Gasteiger partial charge >= 0.3 is 76.4 Å². The van der Waals surface area contributed by atoms with Gasteiger partial charge in [0.25, 0.3) is 5.97 Å². The molecule has 0 saturated heterocycles. The summed E-state index contributed by atoms with van der Waals surface area (Å²) in [7, 11) is 0. The Bertz CT molecular complexity index is 312. The minimum absolute atomic E-state index is 0.700. The molecule has 0 heterocycles. The maximum atomic E-state index is 9.81. The second-order valence-electron chi connectivity index (χ2n) is 2.50. The second-order valence-corrected chi connectivity index (χ2v) is 7.80. The van der Waals surface area contributed by atoms with Crippen LogP contribution in [0.5, 0.6) is 0 Å². The Morgan fingerprint density at radius 2 is 1.93 bits per heavy atom. The molecule has 0 aliphatic heterocycles. The van der Waals surface area contributed by atoms with Gasteiger partial charge in [-0.25, -0.2) is 0 Å². The molecule has 6 nitrogen and oxygen atoms in total. The first kappa shape index (κ1) is 13.8. The summed E-state index contributed by atoms with van der Waals surface area (Å²) >= 11 is -1.87. The number of benzene rings is 1. The molecule has 1 rings (SSSR count). The molecule has 0 fully saturated rings. The predicted octanol–water partition coefficient (Wildman–Crippen LogP) is 0.609. The Morgan fingerprint density at radius 3 is 2.33 bits per heavy atom. The molecule has 15 heavy (non-hydrogen) atoms. The first-order chi connectivity index (χ1) is 7.02. The van der Waals surface area contributed by atoms with Gasteiger partial charge in [-0.2, -0.15) is 0 Å². The van der Waals surface area contributed by atoms with E-state index in [-0.39, 0.29) is 0 Å². The molecular weight excluding hydrogens is 391 g/mol. The second kappa shape index (κ2) is 8.16. The summed E-state index contributed by atoms with van der Waals surface area (Å²) in [6, 6.07) is 9.33. The summed E-state index contributed by atoms with van der Waals surface area (Å²) < 4.78 is 5.39. The van der Waals surface area contributed by atoms with Crippen molar-refractivity contribution in [1.29, 1.82) is 0 Å². The van der Waals surface area contributed by atoms with Crippen LogP contribution in [0, 0.1) is 10.1 Å². The van der Waals surface area contributed by atoms with E-state index in [0.29, 0.717) is 0 Å². The van der Waals surface area contributed by atoms with E-state index in [2.05, 4.69) is 2.75 Å². The molecule has 78 valence electrons. The zero-order valence-corrected chi connectivity index (χ0v) is 13.6. The third-order valence-corrected chi connectivity index (χ3v) is 5.63. The van der Waals surface area contributed by atoms with Gasteiger partial charge in [0.05, 0.1) is 0 Å². The predicted molar refractivity (Wildman–Crippen MR) is 47.5 cm³/mol. The molecule has 1 aromatic carbocycles. The van der Waals surface area contributed by atoms with E-state index in [1.54, 1.807) is 0 Å². The van der Waals surface area contributed by atoms with Crippen LogP contribution in [-0.4, -0.2) is 16.2 Å². The van der Waals surface area contributed by atoms with Gasteiger partial charge in [-0.05, 0) is 0 Å². The van der Waals surface area contributed by atoms with Crippen LogP contribution >= 0.6 is 0 Å². The summed E-state index contributed by atoms with van der Waals surface area (Å²) in [5, 5.41) is 16.5. The third kappa shape index (κ3) is 10.7. The fraction of sp³-hybridized carbons (Fsp3) is 0.125. The van der Waals surface area contributed by atoms with Gasteiger partial charge in [-0.15, -0.1) is 0 Å². The van der Waals surface area contributed by atoms with Crippen molar-refractivity contribution >= 4 is 9.04 Å².